The lowest BCUT2D eigenvalue weighted by molar-refractivity contribution is 0.967. The first kappa shape index (κ1) is 14.4. The average molecular weight is 335 g/mol. The van der Waals surface area contributed by atoms with Crippen LogP contribution in [-0.2, 0) is 13.0 Å². The summed E-state index contributed by atoms with van der Waals surface area (Å²) in [7, 11) is 0. The molecule has 0 spiro atoms. The molecule has 0 fully saturated rings. The van der Waals surface area contributed by atoms with E-state index in [4.69, 9.17) is 0 Å². The van der Waals surface area contributed by atoms with Gasteiger partial charge in [-0.15, -0.1) is 10.2 Å². The normalized spacial score (nSPS) is 10.7. The fourth-order valence-electron chi connectivity index (χ4n) is 1.59. The molecular weight excluding hydrogens is 322 g/mol. The molecule has 0 aliphatic carbocycles. The van der Waals surface area contributed by atoms with Gasteiger partial charge in [0.15, 0.2) is 8.68 Å². The summed E-state index contributed by atoms with van der Waals surface area (Å²) in [5, 5.41) is 12.4. The highest BCUT2D eigenvalue weighted by Crippen LogP contribution is 2.32. The van der Waals surface area contributed by atoms with E-state index in [2.05, 4.69) is 37.0 Å². The van der Waals surface area contributed by atoms with Crippen LogP contribution >= 0.6 is 34.6 Å². The lowest BCUT2D eigenvalue weighted by Crippen LogP contribution is -1.98. The Morgan fingerprint density at radius 3 is 2.76 bits per heavy atom. The summed E-state index contributed by atoms with van der Waals surface area (Å²) in [4.78, 5) is 4.42. The zero-order valence-corrected chi connectivity index (χ0v) is 13.8. The second-order valence-electron chi connectivity index (χ2n) is 4.14. The minimum absolute atomic E-state index is 0.749. The molecule has 0 atom stereocenters. The summed E-state index contributed by atoms with van der Waals surface area (Å²) in [6.07, 6.45) is 0.858. The van der Waals surface area contributed by atoms with Gasteiger partial charge in [0.1, 0.15) is 5.82 Å². The van der Waals surface area contributed by atoms with Gasteiger partial charge >= 0.3 is 0 Å². The first-order valence-electron chi connectivity index (χ1n) is 6.45. The average Bonchev–Trinajstić information content (AvgIpc) is 3.16. The maximum atomic E-state index is 4.42. The van der Waals surface area contributed by atoms with E-state index in [1.807, 2.05) is 25.1 Å². The van der Waals surface area contributed by atoms with E-state index in [0.29, 0.717) is 0 Å². The molecule has 8 heteroatoms. The largest absolute Gasteiger partial charge is 0.356 e. The van der Waals surface area contributed by atoms with Gasteiger partial charge in [0, 0.05) is 13.0 Å². The minimum Gasteiger partial charge on any atom is -0.356 e. The van der Waals surface area contributed by atoms with Gasteiger partial charge in [-0.1, -0.05) is 48.6 Å². The van der Waals surface area contributed by atoms with E-state index < -0.39 is 0 Å². The molecular formula is C13H13N5S3. The Morgan fingerprint density at radius 2 is 2.00 bits per heavy atom. The molecule has 108 valence electrons. The monoisotopic (exact) mass is 335 g/mol. The van der Waals surface area contributed by atoms with Crippen LogP contribution in [0.1, 0.15) is 18.3 Å². The number of hydrogen-bond donors (Lipinski definition) is 1. The zero-order valence-electron chi connectivity index (χ0n) is 11.3. The van der Waals surface area contributed by atoms with Crippen LogP contribution in [0.5, 0.6) is 0 Å². The van der Waals surface area contributed by atoms with Crippen LogP contribution in [-0.4, -0.2) is 19.6 Å². The first-order chi connectivity index (χ1) is 10.3. The van der Waals surface area contributed by atoms with E-state index in [0.717, 1.165) is 32.6 Å². The van der Waals surface area contributed by atoms with Crippen molar-refractivity contribution < 1.29 is 0 Å². The molecule has 0 saturated heterocycles. The van der Waals surface area contributed by atoms with Gasteiger partial charge < -0.3 is 5.32 Å². The molecule has 0 radical (unpaired) electrons. The van der Waals surface area contributed by atoms with Crippen molar-refractivity contribution in [3.05, 3.63) is 41.7 Å². The van der Waals surface area contributed by atoms with Crippen LogP contribution in [0.25, 0.3) is 0 Å². The second-order valence-corrected chi connectivity index (χ2v) is 7.37. The zero-order chi connectivity index (χ0) is 14.5. The van der Waals surface area contributed by atoms with Gasteiger partial charge in [-0.25, -0.2) is 4.98 Å². The SMILES string of the molecule is CCc1nsc(Sc2nnc(NCc3ccccc3)s2)n1. The predicted octanol–water partition coefficient (Wildman–Crippen LogP) is 3.72. The molecule has 0 bridgehead atoms. The smallest absolute Gasteiger partial charge is 0.206 e. The molecule has 2 heterocycles. The van der Waals surface area contributed by atoms with Gasteiger partial charge in [0.2, 0.25) is 5.13 Å². The molecule has 21 heavy (non-hydrogen) atoms. The van der Waals surface area contributed by atoms with Crippen LogP contribution in [0.3, 0.4) is 0 Å². The molecule has 0 saturated carbocycles. The Morgan fingerprint density at radius 1 is 1.14 bits per heavy atom. The van der Waals surface area contributed by atoms with Gasteiger partial charge in [0.05, 0.1) is 0 Å². The summed E-state index contributed by atoms with van der Waals surface area (Å²) in [6.45, 7) is 2.80. The number of aromatic nitrogens is 4. The van der Waals surface area contributed by atoms with Crippen molar-refractivity contribution in [3.63, 3.8) is 0 Å². The number of aryl methyl sites for hydroxylation is 1. The number of benzene rings is 1. The quantitative estimate of drug-likeness (QED) is 0.741. The molecule has 0 unspecified atom stereocenters. The van der Waals surface area contributed by atoms with Gasteiger partial charge in [-0.3, -0.25) is 0 Å². The minimum atomic E-state index is 0.749. The van der Waals surface area contributed by atoms with Crippen molar-refractivity contribution in [2.24, 2.45) is 0 Å². The van der Waals surface area contributed by atoms with Crippen molar-refractivity contribution in [3.8, 4) is 0 Å². The lowest BCUT2D eigenvalue weighted by atomic mass is 10.2. The van der Waals surface area contributed by atoms with Crippen molar-refractivity contribution in [2.75, 3.05) is 5.32 Å². The molecule has 0 aliphatic heterocycles. The molecule has 2 aromatic heterocycles. The highest BCUT2D eigenvalue weighted by Gasteiger charge is 2.09. The Balaban J connectivity index is 1.58. The third-order valence-corrected chi connectivity index (χ3v) is 5.35. The fourth-order valence-corrected chi connectivity index (χ4v) is 4.24. The highest BCUT2D eigenvalue weighted by molar-refractivity contribution is 8.02. The van der Waals surface area contributed by atoms with E-state index in [-0.39, 0.29) is 0 Å². The summed E-state index contributed by atoms with van der Waals surface area (Å²) in [5.41, 5.74) is 1.22. The van der Waals surface area contributed by atoms with Crippen LogP contribution in [0.2, 0.25) is 0 Å². The second kappa shape index (κ2) is 6.97. The van der Waals surface area contributed by atoms with Crippen molar-refractivity contribution in [1.82, 2.24) is 19.6 Å². The van der Waals surface area contributed by atoms with E-state index in [1.165, 1.54) is 40.2 Å². The summed E-state index contributed by atoms with van der Waals surface area (Å²) in [6, 6.07) is 10.2. The van der Waals surface area contributed by atoms with Crippen molar-refractivity contribution >= 4 is 39.8 Å². The van der Waals surface area contributed by atoms with Crippen LogP contribution < -0.4 is 5.32 Å². The molecule has 1 aromatic carbocycles. The molecule has 3 aromatic rings. The number of nitrogens with one attached hydrogen (secondary N) is 1. The Kier molecular flexibility index (Phi) is 4.79. The number of anilines is 1. The summed E-state index contributed by atoms with van der Waals surface area (Å²) in [5.74, 6) is 0.884. The van der Waals surface area contributed by atoms with E-state index >= 15 is 0 Å². The summed E-state index contributed by atoms with van der Waals surface area (Å²) >= 11 is 4.46. The van der Waals surface area contributed by atoms with Crippen molar-refractivity contribution in [2.45, 2.75) is 28.6 Å². The lowest BCUT2D eigenvalue weighted by Gasteiger charge is -2.00. The van der Waals surface area contributed by atoms with Crippen LogP contribution in [0.4, 0.5) is 5.13 Å². The van der Waals surface area contributed by atoms with Crippen LogP contribution in [0, 0.1) is 0 Å². The number of nitrogens with zero attached hydrogens (tertiary/aromatic N) is 4. The predicted molar refractivity (Wildman–Crippen MR) is 87.1 cm³/mol. The maximum absolute atomic E-state index is 4.42. The third-order valence-electron chi connectivity index (χ3n) is 2.63. The van der Waals surface area contributed by atoms with Gasteiger partial charge in [-0.05, 0) is 28.9 Å². The van der Waals surface area contributed by atoms with Gasteiger partial charge in [0.25, 0.3) is 0 Å². The third kappa shape index (κ3) is 3.99. The highest BCUT2D eigenvalue weighted by atomic mass is 32.2. The molecule has 0 amide bonds. The van der Waals surface area contributed by atoms with Crippen LogP contribution in [0.15, 0.2) is 39.0 Å². The molecule has 5 nitrogen and oxygen atoms in total. The Labute approximate surface area is 135 Å². The fraction of sp³-hybridized carbons (Fsp3) is 0.231. The molecule has 1 N–H and O–H groups in total. The van der Waals surface area contributed by atoms with Gasteiger partial charge in [-0.2, -0.15) is 4.37 Å². The van der Waals surface area contributed by atoms with Crippen molar-refractivity contribution in [1.29, 1.82) is 0 Å². The Bertz CT molecular complexity index is 695. The topological polar surface area (TPSA) is 63.6 Å². The van der Waals surface area contributed by atoms with E-state index in [1.54, 1.807) is 0 Å². The number of rotatable bonds is 6. The summed E-state index contributed by atoms with van der Waals surface area (Å²) < 4.78 is 6.06. The van der Waals surface area contributed by atoms with E-state index in [9.17, 15) is 0 Å². The first-order valence-corrected chi connectivity index (χ1v) is 8.86. The molecule has 3 rings (SSSR count). The number of hydrogen-bond acceptors (Lipinski definition) is 8. The standard InChI is InChI=1S/C13H13N5S3/c1-2-10-15-12(21-18-10)20-13-17-16-11(19-13)14-8-9-6-4-3-5-7-9/h3-7H,2,8H2,1H3,(H,14,16). The molecule has 0 aliphatic rings. The maximum Gasteiger partial charge on any atom is 0.206 e. The Hall–Kier alpha value is -1.51.